The Kier molecular flexibility index (Phi) is 4.88. The molecule has 1 N–H and O–H groups in total. The molecule has 0 radical (unpaired) electrons. The maximum atomic E-state index is 12.6. The van der Waals surface area contributed by atoms with Crippen molar-refractivity contribution in [1.29, 1.82) is 0 Å². The fraction of sp³-hybridized carbons (Fsp3) is 0.467. The highest BCUT2D eigenvalue weighted by Gasteiger charge is 2.31. The summed E-state index contributed by atoms with van der Waals surface area (Å²) in [5.41, 5.74) is 0.370. The van der Waals surface area contributed by atoms with E-state index in [0.29, 0.717) is 35.5 Å². The van der Waals surface area contributed by atoms with Crippen LogP contribution < -0.4 is 5.32 Å². The van der Waals surface area contributed by atoms with Gasteiger partial charge in [-0.1, -0.05) is 16.8 Å². The van der Waals surface area contributed by atoms with Crippen LogP contribution in [0.5, 0.6) is 0 Å². The van der Waals surface area contributed by atoms with Crippen molar-refractivity contribution in [2.75, 3.05) is 13.2 Å². The van der Waals surface area contributed by atoms with Crippen LogP contribution >= 0.6 is 11.6 Å². The normalized spacial score (nSPS) is 17.0. The largest absolute Gasteiger partial charge is 0.381 e. The van der Waals surface area contributed by atoms with E-state index in [0.717, 1.165) is 12.8 Å². The highest BCUT2D eigenvalue weighted by atomic mass is 35.5. The highest BCUT2D eigenvalue weighted by Crippen LogP contribution is 2.30. The minimum atomic E-state index is -0.364. The number of pyridine rings is 1. The third-order valence-corrected chi connectivity index (χ3v) is 4.15. The van der Waals surface area contributed by atoms with E-state index >= 15 is 0 Å². The molecule has 1 atom stereocenters. The van der Waals surface area contributed by atoms with Crippen molar-refractivity contribution in [1.82, 2.24) is 20.4 Å². The van der Waals surface area contributed by atoms with Crippen LogP contribution in [0.2, 0.25) is 5.02 Å². The standard InChI is InChI=1S/C15H17ClN4O3/c1-9-18-15(23-20-9)13(10-3-6-22-7-4-10)19-14(21)11-2-5-17-8-12(11)16/h2,5,8,10,13H,3-4,6-7H2,1H3,(H,19,21)/t13-/m0/s1. The Hall–Kier alpha value is -1.99. The summed E-state index contributed by atoms with van der Waals surface area (Å²) in [5, 5.41) is 7.10. The number of rotatable bonds is 4. The van der Waals surface area contributed by atoms with Crippen LogP contribution in [0.4, 0.5) is 0 Å². The predicted molar refractivity (Wildman–Crippen MR) is 82.0 cm³/mol. The van der Waals surface area contributed by atoms with Gasteiger partial charge in [0.25, 0.3) is 5.91 Å². The maximum absolute atomic E-state index is 12.6. The summed E-state index contributed by atoms with van der Waals surface area (Å²) in [4.78, 5) is 20.7. The van der Waals surface area contributed by atoms with E-state index in [9.17, 15) is 4.79 Å². The zero-order valence-corrected chi connectivity index (χ0v) is 13.4. The van der Waals surface area contributed by atoms with Crippen molar-refractivity contribution in [2.45, 2.75) is 25.8 Å². The lowest BCUT2D eigenvalue weighted by Gasteiger charge is -2.28. The zero-order valence-electron chi connectivity index (χ0n) is 12.7. The lowest BCUT2D eigenvalue weighted by Crippen LogP contribution is -2.36. The number of aromatic nitrogens is 3. The molecule has 1 aliphatic heterocycles. The second kappa shape index (κ2) is 7.06. The predicted octanol–water partition coefficient (Wildman–Crippen LogP) is 2.32. The molecular formula is C15H17ClN4O3. The van der Waals surface area contributed by atoms with Gasteiger partial charge >= 0.3 is 0 Å². The van der Waals surface area contributed by atoms with Crippen molar-refractivity contribution < 1.29 is 14.1 Å². The number of carbonyl (C=O) groups excluding carboxylic acids is 1. The molecule has 122 valence electrons. The van der Waals surface area contributed by atoms with Gasteiger partial charge < -0.3 is 14.6 Å². The molecule has 3 heterocycles. The first-order valence-electron chi connectivity index (χ1n) is 7.43. The maximum Gasteiger partial charge on any atom is 0.253 e. The fourth-order valence-corrected chi connectivity index (χ4v) is 2.85. The van der Waals surface area contributed by atoms with Gasteiger partial charge in [-0.05, 0) is 31.7 Å². The molecule has 0 bridgehead atoms. The van der Waals surface area contributed by atoms with Crippen molar-refractivity contribution >= 4 is 17.5 Å². The average Bonchev–Trinajstić information content (AvgIpc) is 3.00. The van der Waals surface area contributed by atoms with Gasteiger partial charge in [0.2, 0.25) is 5.89 Å². The lowest BCUT2D eigenvalue weighted by molar-refractivity contribution is 0.0468. The van der Waals surface area contributed by atoms with E-state index in [2.05, 4.69) is 20.4 Å². The molecule has 0 aliphatic carbocycles. The molecule has 2 aromatic rings. The molecule has 0 unspecified atom stereocenters. The van der Waals surface area contributed by atoms with E-state index in [-0.39, 0.29) is 17.9 Å². The Balaban J connectivity index is 1.83. The Bertz CT molecular complexity index is 685. The number of ether oxygens (including phenoxy) is 1. The molecule has 1 fully saturated rings. The van der Waals surface area contributed by atoms with Crippen LogP contribution in [0, 0.1) is 12.8 Å². The number of nitrogens with one attached hydrogen (secondary N) is 1. The number of hydrogen-bond donors (Lipinski definition) is 1. The van der Waals surface area contributed by atoms with E-state index in [1.54, 1.807) is 13.0 Å². The molecule has 23 heavy (non-hydrogen) atoms. The van der Waals surface area contributed by atoms with Crippen LogP contribution in [0.25, 0.3) is 0 Å². The Morgan fingerprint density at radius 1 is 1.43 bits per heavy atom. The molecular weight excluding hydrogens is 320 g/mol. The van der Waals surface area contributed by atoms with Crippen LogP contribution in [0.15, 0.2) is 23.0 Å². The number of hydrogen-bond acceptors (Lipinski definition) is 6. The van der Waals surface area contributed by atoms with Gasteiger partial charge in [-0.2, -0.15) is 4.98 Å². The number of nitrogens with zero attached hydrogens (tertiary/aromatic N) is 3. The number of aryl methyl sites for hydroxylation is 1. The average molecular weight is 337 g/mol. The summed E-state index contributed by atoms with van der Waals surface area (Å²) in [7, 11) is 0. The van der Waals surface area contributed by atoms with Crippen LogP contribution in [0.3, 0.4) is 0 Å². The third kappa shape index (κ3) is 3.68. The molecule has 1 aliphatic rings. The number of carbonyl (C=O) groups is 1. The summed E-state index contributed by atoms with van der Waals surface area (Å²) < 4.78 is 10.7. The Morgan fingerprint density at radius 2 is 2.22 bits per heavy atom. The number of amides is 1. The minimum absolute atomic E-state index is 0.174. The van der Waals surface area contributed by atoms with Gasteiger partial charge in [-0.3, -0.25) is 9.78 Å². The molecule has 0 saturated carbocycles. The van der Waals surface area contributed by atoms with Gasteiger partial charge in [-0.25, -0.2) is 0 Å². The van der Waals surface area contributed by atoms with E-state index in [1.807, 2.05) is 0 Å². The second-order valence-electron chi connectivity index (χ2n) is 5.44. The fourth-order valence-electron chi connectivity index (χ4n) is 2.65. The molecule has 1 saturated heterocycles. The third-order valence-electron chi connectivity index (χ3n) is 3.85. The first-order chi connectivity index (χ1) is 11.1. The summed E-state index contributed by atoms with van der Waals surface area (Å²) in [6.07, 6.45) is 4.60. The Labute approximate surface area is 138 Å². The molecule has 3 rings (SSSR count). The van der Waals surface area contributed by atoms with E-state index < -0.39 is 0 Å². The summed E-state index contributed by atoms with van der Waals surface area (Å²) in [6, 6.07) is 1.22. The molecule has 0 aromatic carbocycles. The second-order valence-corrected chi connectivity index (χ2v) is 5.84. The van der Waals surface area contributed by atoms with E-state index in [1.165, 1.54) is 12.4 Å². The summed E-state index contributed by atoms with van der Waals surface area (Å²) >= 11 is 6.04. The van der Waals surface area contributed by atoms with Crippen molar-refractivity contribution in [3.8, 4) is 0 Å². The van der Waals surface area contributed by atoms with Gasteiger partial charge in [0.1, 0.15) is 6.04 Å². The van der Waals surface area contributed by atoms with Crippen LogP contribution in [-0.2, 0) is 4.74 Å². The van der Waals surface area contributed by atoms with Gasteiger partial charge in [-0.15, -0.1) is 0 Å². The quantitative estimate of drug-likeness (QED) is 0.921. The van der Waals surface area contributed by atoms with Crippen molar-refractivity contribution in [3.05, 3.63) is 40.8 Å². The molecule has 0 spiro atoms. The summed E-state index contributed by atoms with van der Waals surface area (Å²) in [5.74, 6) is 0.832. The number of halogens is 1. The molecule has 8 heteroatoms. The smallest absolute Gasteiger partial charge is 0.253 e. The van der Waals surface area contributed by atoms with E-state index in [4.69, 9.17) is 20.9 Å². The first-order valence-corrected chi connectivity index (χ1v) is 7.81. The first kappa shape index (κ1) is 15.9. The summed E-state index contributed by atoms with van der Waals surface area (Å²) in [6.45, 7) is 3.05. The molecule has 7 nitrogen and oxygen atoms in total. The Morgan fingerprint density at radius 3 is 2.87 bits per heavy atom. The highest BCUT2D eigenvalue weighted by molar-refractivity contribution is 6.33. The van der Waals surface area contributed by atoms with Crippen molar-refractivity contribution in [2.24, 2.45) is 5.92 Å². The van der Waals surface area contributed by atoms with Gasteiger partial charge in [0, 0.05) is 25.6 Å². The zero-order chi connectivity index (χ0) is 16.2. The topological polar surface area (TPSA) is 90.1 Å². The van der Waals surface area contributed by atoms with Crippen molar-refractivity contribution in [3.63, 3.8) is 0 Å². The van der Waals surface area contributed by atoms with Gasteiger partial charge in [0.15, 0.2) is 5.82 Å². The minimum Gasteiger partial charge on any atom is -0.381 e. The SMILES string of the molecule is Cc1noc([C@@H](NC(=O)c2ccncc2Cl)C2CCOCC2)n1. The van der Waals surface area contributed by atoms with Gasteiger partial charge in [0.05, 0.1) is 10.6 Å². The lowest BCUT2D eigenvalue weighted by atomic mass is 9.91. The molecule has 1 amide bonds. The molecule has 2 aromatic heterocycles. The van der Waals surface area contributed by atoms with Crippen LogP contribution in [-0.4, -0.2) is 34.2 Å². The monoisotopic (exact) mass is 336 g/mol. The van der Waals surface area contributed by atoms with Crippen LogP contribution in [0.1, 0.15) is 41.0 Å².